The first-order valence-corrected chi connectivity index (χ1v) is 11.3. The highest BCUT2D eigenvalue weighted by Crippen LogP contribution is 2.27. The molecule has 0 saturated heterocycles. The predicted octanol–water partition coefficient (Wildman–Crippen LogP) is 2.73. The van der Waals surface area contributed by atoms with E-state index in [2.05, 4.69) is 15.5 Å². The number of carbonyl (C=O) groups is 1. The van der Waals surface area contributed by atoms with E-state index in [0.717, 1.165) is 11.4 Å². The van der Waals surface area contributed by atoms with Crippen LogP contribution >= 0.6 is 11.8 Å². The van der Waals surface area contributed by atoms with Crippen molar-refractivity contribution in [1.82, 2.24) is 14.8 Å². The molecule has 29 heavy (non-hydrogen) atoms. The molecule has 1 heterocycles. The Morgan fingerprint density at radius 3 is 2.38 bits per heavy atom. The molecule has 0 aliphatic carbocycles. The number of carbonyl (C=O) groups excluding carboxylic acids is 1. The highest BCUT2D eigenvalue weighted by molar-refractivity contribution is 8.00. The third kappa shape index (κ3) is 5.03. The van der Waals surface area contributed by atoms with Crippen LogP contribution in [-0.2, 0) is 21.4 Å². The first kappa shape index (κ1) is 21.0. The molecule has 1 amide bonds. The van der Waals surface area contributed by atoms with E-state index in [9.17, 15) is 13.2 Å². The van der Waals surface area contributed by atoms with Gasteiger partial charge in [0.05, 0.1) is 10.1 Å². The SMILES string of the molecule is CCn1c(SC(C)C(=O)Nc2ccc(S(N)(=O)=O)cc2)nnc1-c1ccccc1. The molecule has 3 aromatic rings. The van der Waals surface area contributed by atoms with Crippen LogP contribution in [0.1, 0.15) is 13.8 Å². The average Bonchev–Trinajstić information content (AvgIpc) is 3.10. The zero-order valence-electron chi connectivity index (χ0n) is 15.9. The number of anilines is 1. The van der Waals surface area contributed by atoms with Gasteiger partial charge in [0, 0.05) is 17.8 Å². The summed E-state index contributed by atoms with van der Waals surface area (Å²) in [5, 5.41) is 16.6. The quantitative estimate of drug-likeness (QED) is 0.555. The maximum Gasteiger partial charge on any atom is 0.238 e. The third-order valence-electron chi connectivity index (χ3n) is 4.17. The number of rotatable bonds is 7. The lowest BCUT2D eigenvalue weighted by Gasteiger charge is -2.13. The van der Waals surface area contributed by atoms with Gasteiger partial charge in [-0.25, -0.2) is 13.6 Å². The molecule has 1 atom stereocenters. The summed E-state index contributed by atoms with van der Waals surface area (Å²) in [6, 6.07) is 15.4. The Kier molecular flexibility index (Phi) is 6.36. The lowest BCUT2D eigenvalue weighted by molar-refractivity contribution is -0.115. The van der Waals surface area contributed by atoms with Crippen LogP contribution in [0.4, 0.5) is 5.69 Å². The fourth-order valence-corrected chi connectivity index (χ4v) is 4.07. The van der Waals surface area contributed by atoms with Crippen molar-refractivity contribution in [2.45, 2.75) is 35.7 Å². The summed E-state index contributed by atoms with van der Waals surface area (Å²) >= 11 is 1.31. The van der Waals surface area contributed by atoms with E-state index in [1.54, 1.807) is 6.92 Å². The van der Waals surface area contributed by atoms with E-state index < -0.39 is 15.3 Å². The van der Waals surface area contributed by atoms with Crippen LogP contribution < -0.4 is 10.5 Å². The number of amides is 1. The van der Waals surface area contributed by atoms with Gasteiger partial charge in [-0.1, -0.05) is 42.1 Å². The summed E-state index contributed by atoms with van der Waals surface area (Å²) in [7, 11) is -3.77. The van der Waals surface area contributed by atoms with Crippen molar-refractivity contribution in [1.29, 1.82) is 0 Å². The normalized spacial score (nSPS) is 12.5. The maximum atomic E-state index is 12.5. The molecule has 1 aromatic heterocycles. The second kappa shape index (κ2) is 8.76. The molecule has 3 N–H and O–H groups in total. The molecule has 0 aliphatic rings. The highest BCUT2D eigenvalue weighted by atomic mass is 32.2. The van der Waals surface area contributed by atoms with Crippen LogP contribution in [0.2, 0.25) is 0 Å². The van der Waals surface area contributed by atoms with E-state index >= 15 is 0 Å². The molecule has 152 valence electrons. The smallest absolute Gasteiger partial charge is 0.238 e. The first-order valence-electron chi connectivity index (χ1n) is 8.88. The molecule has 0 bridgehead atoms. The minimum absolute atomic E-state index is 0.0117. The topological polar surface area (TPSA) is 120 Å². The number of sulfonamides is 1. The van der Waals surface area contributed by atoms with Gasteiger partial charge in [0.25, 0.3) is 0 Å². The van der Waals surface area contributed by atoms with Crippen LogP contribution in [0.25, 0.3) is 11.4 Å². The number of nitrogens with two attached hydrogens (primary N) is 1. The average molecular weight is 432 g/mol. The second-order valence-electron chi connectivity index (χ2n) is 6.24. The lowest BCUT2D eigenvalue weighted by Crippen LogP contribution is -2.23. The van der Waals surface area contributed by atoms with E-state index in [-0.39, 0.29) is 10.8 Å². The molecule has 0 spiro atoms. The highest BCUT2D eigenvalue weighted by Gasteiger charge is 2.20. The van der Waals surface area contributed by atoms with Crippen LogP contribution in [0.5, 0.6) is 0 Å². The molecule has 8 nitrogen and oxygen atoms in total. The Labute approximate surface area is 173 Å². The summed E-state index contributed by atoms with van der Waals surface area (Å²) in [4.78, 5) is 12.5. The van der Waals surface area contributed by atoms with Crippen molar-refractivity contribution < 1.29 is 13.2 Å². The van der Waals surface area contributed by atoms with E-state index in [4.69, 9.17) is 5.14 Å². The summed E-state index contributed by atoms with van der Waals surface area (Å²) < 4.78 is 24.6. The van der Waals surface area contributed by atoms with Gasteiger partial charge in [0.1, 0.15) is 0 Å². The van der Waals surface area contributed by atoms with Crippen LogP contribution in [0.3, 0.4) is 0 Å². The number of benzene rings is 2. The maximum absolute atomic E-state index is 12.5. The second-order valence-corrected chi connectivity index (χ2v) is 9.10. The number of hydrogen-bond acceptors (Lipinski definition) is 6. The van der Waals surface area contributed by atoms with E-state index in [1.807, 2.05) is 41.8 Å². The summed E-state index contributed by atoms with van der Waals surface area (Å²) in [5.74, 6) is 0.520. The molecule has 3 rings (SSSR count). The molecule has 1 unspecified atom stereocenters. The van der Waals surface area contributed by atoms with Gasteiger partial charge in [-0.05, 0) is 38.1 Å². The number of thioether (sulfide) groups is 1. The number of nitrogens with zero attached hydrogens (tertiary/aromatic N) is 3. The minimum atomic E-state index is -3.77. The largest absolute Gasteiger partial charge is 0.325 e. The van der Waals surface area contributed by atoms with Crippen LogP contribution in [0, 0.1) is 0 Å². The summed E-state index contributed by atoms with van der Waals surface area (Å²) in [6.45, 7) is 4.44. The van der Waals surface area contributed by atoms with Gasteiger partial charge in [-0.3, -0.25) is 4.79 Å². The van der Waals surface area contributed by atoms with Crippen molar-refractivity contribution >= 4 is 33.4 Å². The van der Waals surface area contributed by atoms with Gasteiger partial charge in [0.15, 0.2) is 11.0 Å². The van der Waals surface area contributed by atoms with Crippen molar-refractivity contribution in [2.75, 3.05) is 5.32 Å². The summed E-state index contributed by atoms with van der Waals surface area (Å²) in [5.41, 5.74) is 1.44. The van der Waals surface area contributed by atoms with Crippen molar-refractivity contribution in [3.63, 3.8) is 0 Å². The van der Waals surface area contributed by atoms with Gasteiger partial charge in [-0.2, -0.15) is 0 Å². The fraction of sp³-hybridized carbons (Fsp3) is 0.211. The molecule has 0 radical (unpaired) electrons. The Bertz CT molecular complexity index is 1100. The Balaban J connectivity index is 1.71. The molecular weight excluding hydrogens is 410 g/mol. The van der Waals surface area contributed by atoms with Gasteiger partial charge in [0.2, 0.25) is 15.9 Å². The Morgan fingerprint density at radius 1 is 1.14 bits per heavy atom. The number of nitrogens with one attached hydrogen (secondary N) is 1. The van der Waals surface area contributed by atoms with Gasteiger partial charge in [-0.15, -0.1) is 10.2 Å². The molecule has 10 heteroatoms. The van der Waals surface area contributed by atoms with Crippen molar-refractivity contribution in [2.24, 2.45) is 5.14 Å². The minimum Gasteiger partial charge on any atom is -0.325 e. The van der Waals surface area contributed by atoms with Crippen LogP contribution in [0.15, 0.2) is 64.6 Å². The standard InChI is InChI=1S/C19H21N5O3S2/c1-3-24-17(14-7-5-4-6-8-14)22-23-19(24)28-13(2)18(25)21-15-9-11-16(12-10-15)29(20,26)27/h4-13H,3H2,1-2H3,(H,21,25)(H2,20,26,27). The molecule has 0 fully saturated rings. The molecule has 0 aliphatic heterocycles. The number of aromatic nitrogens is 3. The van der Waals surface area contributed by atoms with Crippen LogP contribution in [-0.4, -0.2) is 34.3 Å². The first-order chi connectivity index (χ1) is 13.8. The molecule has 0 saturated carbocycles. The zero-order valence-corrected chi connectivity index (χ0v) is 17.6. The Hall–Kier alpha value is -2.69. The van der Waals surface area contributed by atoms with E-state index in [0.29, 0.717) is 17.4 Å². The van der Waals surface area contributed by atoms with Gasteiger partial charge < -0.3 is 9.88 Å². The van der Waals surface area contributed by atoms with Crippen molar-refractivity contribution in [3.05, 3.63) is 54.6 Å². The number of hydrogen-bond donors (Lipinski definition) is 2. The molecular formula is C19H21N5O3S2. The predicted molar refractivity (Wildman–Crippen MR) is 113 cm³/mol. The zero-order chi connectivity index (χ0) is 21.0. The van der Waals surface area contributed by atoms with Gasteiger partial charge >= 0.3 is 0 Å². The monoisotopic (exact) mass is 431 g/mol. The lowest BCUT2D eigenvalue weighted by atomic mass is 10.2. The number of primary sulfonamides is 1. The Morgan fingerprint density at radius 2 is 1.79 bits per heavy atom. The summed E-state index contributed by atoms with van der Waals surface area (Å²) in [6.07, 6.45) is 0. The fourth-order valence-electron chi connectivity index (χ4n) is 2.65. The van der Waals surface area contributed by atoms with E-state index in [1.165, 1.54) is 36.0 Å². The molecule has 2 aromatic carbocycles. The van der Waals surface area contributed by atoms with Crippen molar-refractivity contribution in [3.8, 4) is 11.4 Å². The third-order valence-corrected chi connectivity index (χ3v) is 6.18.